The van der Waals surface area contributed by atoms with Gasteiger partial charge in [-0.3, -0.25) is 4.79 Å². The van der Waals surface area contributed by atoms with Crippen molar-refractivity contribution in [3.05, 3.63) is 42.0 Å². The molecule has 0 unspecified atom stereocenters. The second kappa shape index (κ2) is 6.01. The summed E-state index contributed by atoms with van der Waals surface area (Å²) in [5.41, 5.74) is 0.802. The van der Waals surface area contributed by atoms with Crippen molar-refractivity contribution in [3.63, 3.8) is 0 Å². The van der Waals surface area contributed by atoms with Crippen LogP contribution in [0, 0.1) is 0 Å². The maximum atomic E-state index is 12.4. The van der Waals surface area contributed by atoms with Gasteiger partial charge in [-0.05, 0) is 12.1 Å². The molecule has 104 valence electrons. The molecule has 1 aromatic carbocycles. The Hall–Kier alpha value is -2.63. The molecular formula is C14H14N2O4. The predicted molar refractivity (Wildman–Crippen MR) is 71.6 cm³/mol. The van der Waals surface area contributed by atoms with E-state index in [0.717, 1.165) is 0 Å². The van der Waals surface area contributed by atoms with Gasteiger partial charge in [-0.2, -0.15) is 0 Å². The minimum Gasteiger partial charge on any atom is -0.493 e. The maximum absolute atomic E-state index is 12.4. The van der Waals surface area contributed by atoms with E-state index < -0.39 is 0 Å². The van der Waals surface area contributed by atoms with Crippen molar-refractivity contribution < 1.29 is 19.0 Å². The second-order valence-corrected chi connectivity index (χ2v) is 3.87. The SMILES string of the molecule is COc1cc(C(=O)c2cncnc2)cc(OC)c1OC. The largest absolute Gasteiger partial charge is 0.493 e. The highest BCUT2D eigenvalue weighted by atomic mass is 16.5. The van der Waals surface area contributed by atoms with E-state index in [1.165, 1.54) is 40.1 Å². The summed E-state index contributed by atoms with van der Waals surface area (Å²) in [7, 11) is 4.50. The summed E-state index contributed by atoms with van der Waals surface area (Å²) in [4.78, 5) is 20.0. The van der Waals surface area contributed by atoms with Crippen molar-refractivity contribution in [1.29, 1.82) is 0 Å². The Bertz CT molecular complexity index is 589. The maximum Gasteiger partial charge on any atom is 0.203 e. The van der Waals surface area contributed by atoms with E-state index in [1.807, 2.05) is 0 Å². The molecule has 2 rings (SSSR count). The van der Waals surface area contributed by atoms with Crippen LogP contribution in [0.4, 0.5) is 0 Å². The number of aromatic nitrogens is 2. The van der Waals surface area contributed by atoms with E-state index in [1.54, 1.807) is 12.1 Å². The van der Waals surface area contributed by atoms with Gasteiger partial charge in [0.05, 0.1) is 26.9 Å². The smallest absolute Gasteiger partial charge is 0.203 e. The number of ketones is 1. The van der Waals surface area contributed by atoms with E-state index in [0.29, 0.717) is 28.4 Å². The Balaban J connectivity index is 2.50. The summed E-state index contributed by atoms with van der Waals surface area (Å²) in [6.07, 6.45) is 4.28. The molecule has 6 heteroatoms. The second-order valence-electron chi connectivity index (χ2n) is 3.87. The van der Waals surface area contributed by atoms with Crippen LogP contribution in [-0.4, -0.2) is 37.1 Å². The Kier molecular flexibility index (Phi) is 4.14. The van der Waals surface area contributed by atoms with Gasteiger partial charge in [-0.15, -0.1) is 0 Å². The molecule has 6 nitrogen and oxygen atoms in total. The first-order valence-corrected chi connectivity index (χ1v) is 5.81. The quantitative estimate of drug-likeness (QED) is 0.773. The number of ether oxygens (including phenoxy) is 3. The van der Waals surface area contributed by atoms with Crippen molar-refractivity contribution in [1.82, 2.24) is 9.97 Å². The third-order valence-corrected chi connectivity index (χ3v) is 2.75. The Morgan fingerprint density at radius 2 is 1.45 bits per heavy atom. The van der Waals surface area contributed by atoms with Crippen molar-refractivity contribution in [2.24, 2.45) is 0 Å². The monoisotopic (exact) mass is 274 g/mol. The first-order chi connectivity index (χ1) is 9.71. The molecule has 0 saturated carbocycles. The molecule has 0 aliphatic rings. The van der Waals surface area contributed by atoms with Crippen molar-refractivity contribution in [2.75, 3.05) is 21.3 Å². The van der Waals surface area contributed by atoms with Gasteiger partial charge in [0.15, 0.2) is 17.3 Å². The lowest BCUT2D eigenvalue weighted by Crippen LogP contribution is -2.05. The van der Waals surface area contributed by atoms with Gasteiger partial charge in [0, 0.05) is 18.0 Å². The number of hydrogen-bond acceptors (Lipinski definition) is 6. The molecule has 20 heavy (non-hydrogen) atoms. The minimum atomic E-state index is -0.218. The average molecular weight is 274 g/mol. The van der Waals surface area contributed by atoms with Crippen LogP contribution >= 0.6 is 0 Å². The lowest BCUT2D eigenvalue weighted by molar-refractivity contribution is 0.103. The van der Waals surface area contributed by atoms with Crippen LogP contribution < -0.4 is 14.2 Å². The summed E-state index contributed by atoms with van der Waals surface area (Å²) in [6, 6.07) is 3.19. The first-order valence-electron chi connectivity index (χ1n) is 5.81. The fourth-order valence-electron chi connectivity index (χ4n) is 1.80. The molecule has 0 radical (unpaired) electrons. The molecular weight excluding hydrogens is 260 g/mol. The number of rotatable bonds is 5. The van der Waals surface area contributed by atoms with Gasteiger partial charge in [-0.25, -0.2) is 9.97 Å². The zero-order valence-corrected chi connectivity index (χ0v) is 11.4. The van der Waals surface area contributed by atoms with E-state index in [9.17, 15) is 4.79 Å². The molecule has 0 amide bonds. The highest BCUT2D eigenvalue weighted by Gasteiger charge is 2.18. The zero-order chi connectivity index (χ0) is 14.5. The molecule has 0 saturated heterocycles. The van der Waals surface area contributed by atoms with Crippen LogP contribution in [0.25, 0.3) is 0 Å². The molecule has 0 aliphatic carbocycles. The van der Waals surface area contributed by atoms with Crippen molar-refractivity contribution in [2.45, 2.75) is 0 Å². The fourth-order valence-corrected chi connectivity index (χ4v) is 1.80. The van der Waals surface area contributed by atoms with Gasteiger partial charge < -0.3 is 14.2 Å². The number of methoxy groups -OCH3 is 3. The van der Waals surface area contributed by atoms with E-state index in [2.05, 4.69) is 9.97 Å². The molecule has 0 bridgehead atoms. The minimum absolute atomic E-state index is 0.218. The van der Waals surface area contributed by atoms with Gasteiger partial charge in [-0.1, -0.05) is 0 Å². The number of hydrogen-bond donors (Lipinski definition) is 0. The molecule has 0 N–H and O–H groups in total. The molecule has 0 spiro atoms. The Morgan fingerprint density at radius 3 is 1.90 bits per heavy atom. The van der Waals surface area contributed by atoms with Gasteiger partial charge >= 0.3 is 0 Å². The van der Waals surface area contributed by atoms with Crippen molar-refractivity contribution in [3.8, 4) is 17.2 Å². The van der Waals surface area contributed by atoms with E-state index in [-0.39, 0.29) is 5.78 Å². The number of carbonyl (C=O) groups is 1. The van der Waals surface area contributed by atoms with Crippen LogP contribution in [0.3, 0.4) is 0 Å². The third-order valence-electron chi connectivity index (χ3n) is 2.75. The van der Waals surface area contributed by atoms with Crippen LogP contribution in [0.5, 0.6) is 17.2 Å². The van der Waals surface area contributed by atoms with Crippen molar-refractivity contribution >= 4 is 5.78 Å². The number of benzene rings is 1. The van der Waals surface area contributed by atoms with Gasteiger partial charge in [0.25, 0.3) is 0 Å². The molecule has 0 aliphatic heterocycles. The predicted octanol–water partition coefficient (Wildman–Crippen LogP) is 1.73. The lowest BCUT2D eigenvalue weighted by atomic mass is 10.0. The van der Waals surface area contributed by atoms with E-state index in [4.69, 9.17) is 14.2 Å². The lowest BCUT2D eigenvalue weighted by Gasteiger charge is -2.13. The zero-order valence-electron chi connectivity index (χ0n) is 11.4. The standard InChI is InChI=1S/C14H14N2O4/c1-18-11-4-9(5-12(19-2)14(11)20-3)13(17)10-6-15-8-16-7-10/h4-8H,1-3H3. The van der Waals surface area contributed by atoms with Crippen LogP contribution in [0.1, 0.15) is 15.9 Å². The highest BCUT2D eigenvalue weighted by molar-refractivity contribution is 6.09. The fraction of sp³-hybridized carbons (Fsp3) is 0.214. The average Bonchev–Trinajstić information content (AvgIpc) is 2.53. The number of carbonyl (C=O) groups excluding carboxylic acids is 1. The molecule has 1 aromatic heterocycles. The van der Waals surface area contributed by atoms with Gasteiger partial charge in [0.2, 0.25) is 5.75 Å². The normalized spacial score (nSPS) is 9.95. The highest BCUT2D eigenvalue weighted by Crippen LogP contribution is 2.38. The molecule has 1 heterocycles. The summed E-state index contributed by atoms with van der Waals surface area (Å²) in [5.74, 6) is 1.07. The Morgan fingerprint density at radius 1 is 0.900 bits per heavy atom. The Labute approximate surface area is 116 Å². The molecule has 2 aromatic rings. The summed E-state index contributed by atoms with van der Waals surface area (Å²) in [6.45, 7) is 0. The van der Waals surface area contributed by atoms with Crippen LogP contribution in [0.15, 0.2) is 30.9 Å². The molecule has 0 fully saturated rings. The molecule has 0 atom stereocenters. The van der Waals surface area contributed by atoms with Gasteiger partial charge in [0.1, 0.15) is 6.33 Å². The topological polar surface area (TPSA) is 70.5 Å². The van der Waals surface area contributed by atoms with E-state index >= 15 is 0 Å². The van der Waals surface area contributed by atoms with Crippen LogP contribution in [0.2, 0.25) is 0 Å². The third kappa shape index (κ3) is 2.54. The number of nitrogens with zero attached hydrogens (tertiary/aromatic N) is 2. The van der Waals surface area contributed by atoms with Crippen LogP contribution in [-0.2, 0) is 0 Å². The summed E-state index contributed by atoms with van der Waals surface area (Å²) < 4.78 is 15.6. The first kappa shape index (κ1) is 13.8. The summed E-state index contributed by atoms with van der Waals surface area (Å²) >= 11 is 0. The summed E-state index contributed by atoms with van der Waals surface area (Å²) in [5, 5.41) is 0.